The van der Waals surface area contributed by atoms with E-state index in [9.17, 15) is 8.42 Å². The van der Waals surface area contributed by atoms with E-state index in [1.54, 1.807) is 6.07 Å². The van der Waals surface area contributed by atoms with Crippen LogP contribution in [0.3, 0.4) is 0 Å². The van der Waals surface area contributed by atoms with Gasteiger partial charge >= 0.3 is 0 Å². The molecule has 15 heavy (non-hydrogen) atoms. The summed E-state index contributed by atoms with van der Waals surface area (Å²) in [5.74, 6) is 0. The zero-order valence-corrected chi connectivity index (χ0v) is 10.9. The summed E-state index contributed by atoms with van der Waals surface area (Å²) in [7, 11) is 1.56. The predicted molar refractivity (Wildman–Crippen MR) is 63.5 cm³/mol. The third kappa shape index (κ3) is 2.51. The number of thiophene rings is 1. The van der Waals surface area contributed by atoms with E-state index in [1.165, 1.54) is 23.6 Å². The van der Waals surface area contributed by atoms with Crippen LogP contribution in [0.1, 0.15) is 0 Å². The van der Waals surface area contributed by atoms with Crippen molar-refractivity contribution in [2.45, 2.75) is 4.21 Å². The normalized spacial score (nSPS) is 11.9. The van der Waals surface area contributed by atoms with Crippen LogP contribution in [0.15, 0.2) is 22.5 Å². The second-order valence-electron chi connectivity index (χ2n) is 2.53. The first kappa shape index (κ1) is 11.3. The van der Waals surface area contributed by atoms with Gasteiger partial charge < -0.3 is 0 Å². The van der Waals surface area contributed by atoms with E-state index in [4.69, 9.17) is 22.3 Å². The SMILES string of the molecule is O=S(=O)(Cl)c1ccc(-c2ncc(Cl)s2)s1. The second-order valence-corrected chi connectivity index (χ2v) is 8.06. The molecule has 2 heterocycles. The smallest absolute Gasteiger partial charge is 0.242 e. The topological polar surface area (TPSA) is 47.0 Å². The zero-order chi connectivity index (χ0) is 11.1. The van der Waals surface area contributed by atoms with Crippen LogP contribution in [0.2, 0.25) is 4.34 Å². The summed E-state index contributed by atoms with van der Waals surface area (Å²) < 4.78 is 22.7. The van der Waals surface area contributed by atoms with Gasteiger partial charge in [-0.15, -0.1) is 22.7 Å². The Kier molecular flexibility index (Phi) is 3.05. The summed E-state index contributed by atoms with van der Waals surface area (Å²) in [6, 6.07) is 3.12. The van der Waals surface area contributed by atoms with Crippen molar-refractivity contribution >= 4 is 54.0 Å². The molecule has 0 atom stereocenters. The average Bonchev–Trinajstić information content (AvgIpc) is 2.69. The molecule has 2 aromatic rings. The number of aromatic nitrogens is 1. The standard InChI is InChI=1S/C7H3Cl2NO2S3/c8-5-3-10-7(14-5)4-1-2-6(13-4)15(9,11)12/h1-3H. The Bertz CT molecular complexity index is 587. The van der Waals surface area contributed by atoms with Crippen LogP contribution in [-0.2, 0) is 9.05 Å². The summed E-state index contributed by atoms with van der Waals surface area (Å²) in [6.45, 7) is 0. The molecule has 0 aliphatic rings. The summed E-state index contributed by atoms with van der Waals surface area (Å²) in [5.41, 5.74) is 0. The molecular weight excluding hydrogens is 297 g/mol. The van der Waals surface area contributed by atoms with Gasteiger partial charge in [0.25, 0.3) is 9.05 Å². The molecule has 3 nitrogen and oxygen atoms in total. The first-order chi connectivity index (χ1) is 6.97. The molecule has 8 heteroatoms. The number of hydrogen-bond acceptors (Lipinski definition) is 5. The molecule has 0 bridgehead atoms. The van der Waals surface area contributed by atoms with E-state index in [2.05, 4.69) is 4.98 Å². The lowest BCUT2D eigenvalue weighted by Crippen LogP contribution is -1.83. The fraction of sp³-hybridized carbons (Fsp3) is 0. The highest BCUT2D eigenvalue weighted by Crippen LogP contribution is 2.35. The van der Waals surface area contributed by atoms with Crippen LogP contribution in [-0.4, -0.2) is 13.4 Å². The average molecular weight is 300 g/mol. The molecule has 0 saturated carbocycles. The van der Waals surface area contributed by atoms with Gasteiger partial charge in [0.05, 0.1) is 11.1 Å². The van der Waals surface area contributed by atoms with Crippen LogP contribution < -0.4 is 0 Å². The molecule has 0 amide bonds. The molecule has 0 aliphatic carbocycles. The molecule has 2 rings (SSSR count). The Hall–Kier alpha value is -0.140. The summed E-state index contributed by atoms with van der Waals surface area (Å²) >= 11 is 8.09. The number of rotatable bonds is 2. The van der Waals surface area contributed by atoms with Crippen molar-refractivity contribution in [2.24, 2.45) is 0 Å². The van der Waals surface area contributed by atoms with Crippen molar-refractivity contribution in [3.8, 4) is 9.88 Å². The zero-order valence-electron chi connectivity index (χ0n) is 6.98. The number of hydrogen-bond donors (Lipinski definition) is 0. The van der Waals surface area contributed by atoms with Gasteiger partial charge in [0.15, 0.2) is 0 Å². The third-order valence-electron chi connectivity index (χ3n) is 1.51. The fourth-order valence-corrected chi connectivity index (χ4v) is 3.98. The van der Waals surface area contributed by atoms with Crippen LogP contribution >= 0.6 is 45.0 Å². The molecule has 0 N–H and O–H groups in total. The molecule has 0 unspecified atom stereocenters. The lowest BCUT2D eigenvalue weighted by molar-refractivity contribution is 0.611. The minimum atomic E-state index is -3.65. The molecule has 0 radical (unpaired) electrons. The van der Waals surface area contributed by atoms with Gasteiger partial charge in [-0.1, -0.05) is 11.6 Å². The number of nitrogens with zero attached hydrogens (tertiary/aromatic N) is 1. The third-order valence-corrected chi connectivity index (χ3v) is 5.97. The van der Waals surface area contributed by atoms with Crippen molar-refractivity contribution in [1.29, 1.82) is 0 Å². The van der Waals surface area contributed by atoms with Crippen molar-refractivity contribution in [2.75, 3.05) is 0 Å². The molecule has 0 spiro atoms. The van der Waals surface area contributed by atoms with E-state index in [0.29, 0.717) is 9.34 Å². The quantitative estimate of drug-likeness (QED) is 0.798. The second kappa shape index (κ2) is 4.03. The number of halogens is 2. The summed E-state index contributed by atoms with van der Waals surface area (Å²) in [5, 5.41) is 0.691. The van der Waals surface area contributed by atoms with E-state index in [-0.39, 0.29) is 4.21 Å². The summed E-state index contributed by atoms with van der Waals surface area (Å²) in [4.78, 5) is 4.78. The maximum absolute atomic E-state index is 11.0. The highest BCUT2D eigenvalue weighted by Gasteiger charge is 2.15. The van der Waals surface area contributed by atoms with Crippen LogP contribution in [0.5, 0.6) is 0 Å². The van der Waals surface area contributed by atoms with E-state index >= 15 is 0 Å². The molecule has 2 aromatic heterocycles. The van der Waals surface area contributed by atoms with Gasteiger partial charge in [-0.25, -0.2) is 13.4 Å². The van der Waals surface area contributed by atoms with Gasteiger partial charge in [0, 0.05) is 10.7 Å². The minimum absolute atomic E-state index is 0.116. The monoisotopic (exact) mass is 299 g/mol. The van der Waals surface area contributed by atoms with Gasteiger partial charge in [0.2, 0.25) is 0 Å². The molecule has 0 aromatic carbocycles. The Balaban J connectivity index is 2.44. The van der Waals surface area contributed by atoms with Gasteiger partial charge in [-0.05, 0) is 12.1 Å². The van der Waals surface area contributed by atoms with Gasteiger partial charge in [-0.2, -0.15) is 0 Å². The maximum atomic E-state index is 11.0. The van der Waals surface area contributed by atoms with Crippen molar-refractivity contribution < 1.29 is 8.42 Å². The first-order valence-electron chi connectivity index (χ1n) is 3.63. The van der Waals surface area contributed by atoms with Gasteiger partial charge in [0.1, 0.15) is 13.6 Å². The Morgan fingerprint density at radius 2 is 2.00 bits per heavy atom. The van der Waals surface area contributed by atoms with Crippen molar-refractivity contribution in [3.05, 3.63) is 22.7 Å². The molecule has 80 valence electrons. The van der Waals surface area contributed by atoms with Crippen LogP contribution in [0, 0.1) is 0 Å². The fourth-order valence-electron chi connectivity index (χ4n) is 0.934. The maximum Gasteiger partial charge on any atom is 0.270 e. The lowest BCUT2D eigenvalue weighted by atomic mass is 10.5. The molecule has 0 fully saturated rings. The lowest BCUT2D eigenvalue weighted by Gasteiger charge is -1.87. The minimum Gasteiger partial charge on any atom is -0.242 e. The predicted octanol–water partition coefficient (Wildman–Crippen LogP) is 3.45. The van der Waals surface area contributed by atoms with Crippen LogP contribution in [0.4, 0.5) is 0 Å². The Labute approximate surface area is 104 Å². The molecular formula is C7H3Cl2NO2S3. The van der Waals surface area contributed by atoms with E-state index < -0.39 is 9.05 Å². The Morgan fingerprint density at radius 3 is 2.47 bits per heavy atom. The first-order valence-corrected chi connectivity index (χ1v) is 7.95. The van der Waals surface area contributed by atoms with Crippen molar-refractivity contribution in [1.82, 2.24) is 4.98 Å². The highest BCUT2D eigenvalue weighted by molar-refractivity contribution is 8.15. The van der Waals surface area contributed by atoms with E-state index in [1.807, 2.05) is 0 Å². The van der Waals surface area contributed by atoms with E-state index in [0.717, 1.165) is 16.2 Å². The van der Waals surface area contributed by atoms with Gasteiger partial charge in [-0.3, -0.25) is 0 Å². The van der Waals surface area contributed by atoms with Crippen LogP contribution in [0.25, 0.3) is 9.88 Å². The molecule has 0 saturated heterocycles. The highest BCUT2D eigenvalue weighted by atomic mass is 35.7. The van der Waals surface area contributed by atoms with Crippen molar-refractivity contribution in [3.63, 3.8) is 0 Å². The number of thiazole rings is 1. The largest absolute Gasteiger partial charge is 0.270 e. The molecule has 0 aliphatic heterocycles. The Morgan fingerprint density at radius 1 is 1.27 bits per heavy atom. The summed E-state index contributed by atoms with van der Waals surface area (Å²) in [6.07, 6.45) is 1.52.